The van der Waals surface area contributed by atoms with E-state index in [9.17, 15) is 14.7 Å². The van der Waals surface area contributed by atoms with Gasteiger partial charge in [0.05, 0.1) is 11.8 Å². The van der Waals surface area contributed by atoms with Crippen molar-refractivity contribution in [2.75, 3.05) is 19.6 Å². The molecule has 2 saturated heterocycles. The molecule has 2 amide bonds. The Morgan fingerprint density at radius 1 is 1.14 bits per heavy atom. The first-order valence-electron chi connectivity index (χ1n) is 15.4. The van der Waals surface area contributed by atoms with Gasteiger partial charge in [-0.05, 0) is 86.8 Å². The summed E-state index contributed by atoms with van der Waals surface area (Å²) in [6, 6.07) is 10.4. The van der Waals surface area contributed by atoms with Crippen LogP contribution in [0.4, 0.5) is 0 Å². The van der Waals surface area contributed by atoms with E-state index in [1.165, 1.54) is 17.5 Å². The van der Waals surface area contributed by atoms with E-state index in [1.54, 1.807) is 19.2 Å². The number of aromatic nitrogens is 2. The van der Waals surface area contributed by atoms with Gasteiger partial charge in [-0.3, -0.25) is 19.5 Å². The van der Waals surface area contributed by atoms with Crippen molar-refractivity contribution in [3.8, 4) is 5.75 Å². The van der Waals surface area contributed by atoms with Crippen molar-refractivity contribution < 1.29 is 23.8 Å². The molecule has 2 fully saturated rings. The number of amides is 2. The molecule has 0 radical (unpaired) electrons. The Balaban J connectivity index is 0.953. The van der Waals surface area contributed by atoms with Gasteiger partial charge in [-0.15, -0.1) is 0 Å². The number of piperidine rings is 1. The third-order valence-corrected chi connectivity index (χ3v) is 9.22. The normalized spacial score (nSPS) is 22.2. The Kier molecular flexibility index (Phi) is 8.76. The number of ether oxygens (including phenoxy) is 1. The maximum Gasteiger partial charge on any atom is 0.251 e. The maximum absolute atomic E-state index is 12.9. The lowest BCUT2D eigenvalue weighted by molar-refractivity contribution is -0.133. The summed E-state index contributed by atoms with van der Waals surface area (Å²) >= 11 is 0. The number of nitrogens with zero attached hydrogens (tertiary/aromatic N) is 4. The summed E-state index contributed by atoms with van der Waals surface area (Å²) in [4.78, 5) is 37.9. The van der Waals surface area contributed by atoms with Crippen molar-refractivity contribution >= 4 is 11.8 Å². The summed E-state index contributed by atoms with van der Waals surface area (Å²) in [5.41, 5.74) is 4.76. The number of hydrogen-bond donors (Lipinski definition) is 2. The van der Waals surface area contributed by atoms with Crippen LogP contribution in [0.2, 0.25) is 0 Å². The molecule has 10 nitrogen and oxygen atoms in total. The number of benzene rings is 1. The molecule has 0 saturated carbocycles. The number of carbonyl (C=O) groups is 2. The number of rotatable bonds is 10. The van der Waals surface area contributed by atoms with Crippen LogP contribution in [0.3, 0.4) is 0 Å². The maximum atomic E-state index is 12.9. The number of fused-ring (bicyclic) bond motifs is 3. The molecule has 5 heterocycles. The molecular weight excluding hydrogens is 546 g/mol. The largest absolute Gasteiger partial charge is 0.486 e. The fraction of sp³-hybridized carbons (Fsp3) is 0.515. The number of hydrogen-bond acceptors (Lipinski definition) is 8. The summed E-state index contributed by atoms with van der Waals surface area (Å²) < 4.78 is 11.3. The van der Waals surface area contributed by atoms with E-state index in [4.69, 9.17) is 9.15 Å². The van der Waals surface area contributed by atoms with Gasteiger partial charge in [0.2, 0.25) is 5.91 Å². The molecule has 2 N–H and O–H groups in total. The number of aryl methyl sites for hydroxylation is 1. The zero-order valence-corrected chi connectivity index (χ0v) is 25.0. The Bertz CT molecular complexity index is 1440. The van der Waals surface area contributed by atoms with Crippen LogP contribution in [0.15, 0.2) is 47.3 Å². The molecule has 3 aromatic rings. The van der Waals surface area contributed by atoms with Crippen LogP contribution < -0.4 is 10.1 Å². The fourth-order valence-corrected chi connectivity index (χ4v) is 7.12. The highest BCUT2D eigenvalue weighted by molar-refractivity contribution is 5.94. The Morgan fingerprint density at radius 3 is 2.70 bits per heavy atom. The van der Waals surface area contributed by atoms with E-state index in [2.05, 4.69) is 37.2 Å². The highest BCUT2D eigenvalue weighted by Crippen LogP contribution is 2.39. The third-order valence-electron chi connectivity index (χ3n) is 9.22. The number of β-amino-alcohol motifs (C(OH)–C–C–N with tert-alkyl or cyclic N) is 1. The van der Waals surface area contributed by atoms with E-state index in [1.807, 2.05) is 19.1 Å². The van der Waals surface area contributed by atoms with Gasteiger partial charge in [-0.25, -0.2) is 4.98 Å². The van der Waals surface area contributed by atoms with Crippen molar-refractivity contribution in [2.24, 2.45) is 5.92 Å². The molecule has 43 heavy (non-hydrogen) atoms. The molecule has 10 heteroatoms. The lowest BCUT2D eigenvalue weighted by atomic mass is 9.87. The van der Waals surface area contributed by atoms with Crippen molar-refractivity contribution in [1.29, 1.82) is 0 Å². The highest BCUT2D eigenvalue weighted by atomic mass is 16.5. The number of nitrogens with one attached hydrogen (secondary N) is 1. The molecule has 3 aliphatic heterocycles. The minimum Gasteiger partial charge on any atom is -0.486 e. The van der Waals surface area contributed by atoms with Crippen molar-refractivity contribution in [2.45, 2.75) is 83.7 Å². The van der Waals surface area contributed by atoms with E-state index < -0.39 is 6.10 Å². The van der Waals surface area contributed by atoms with E-state index in [0.29, 0.717) is 36.7 Å². The number of aliphatic hydroxyl groups is 1. The zero-order chi connectivity index (χ0) is 29.9. The number of oxazole rings is 1. The minimum absolute atomic E-state index is 0.181. The second-order valence-electron chi connectivity index (χ2n) is 12.3. The Morgan fingerprint density at radius 2 is 1.95 bits per heavy atom. The smallest absolute Gasteiger partial charge is 0.251 e. The predicted molar refractivity (Wildman–Crippen MR) is 159 cm³/mol. The first kappa shape index (κ1) is 29.3. The molecule has 1 aromatic carbocycles. The van der Waals surface area contributed by atoms with Crippen molar-refractivity contribution in [3.05, 3.63) is 76.8 Å². The molecule has 228 valence electrons. The summed E-state index contributed by atoms with van der Waals surface area (Å²) in [5, 5.41) is 13.6. The molecule has 6 rings (SSSR count). The average Bonchev–Trinajstić information content (AvgIpc) is 3.54. The second kappa shape index (κ2) is 12.9. The van der Waals surface area contributed by atoms with Gasteiger partial charge >= 0.3 is 0 Å². The lowest BCUT2D eigenvalue weighted by Crippen LogP contribution is -2.45. The summed E-state index contributed by atoms with van der Waals surface area (Å²) in [7, 11) is 0. The second-order valence-corrected chi connectivity index (χ2v) is 12.3. The number of aliphatic hydroxyl groups excluding tert-OH is 1. The van der Waals surface area contributed by atoms with Crippen LogP contribution in [-0.4, -0.2) is 74.5 Å². The van der Waals surface area contributed by atoms with E-state index >= 15 is 0 Å². The SMILES string of the molecule is CC(=O)N1[C@@H]2CC[C@H]1CC(Cc1cc(C(=O)NC[C@H](O)CN3CCc4cc(OCc5ocnc5C)ccc4C3)ccn1)C2. The van der Waals surface area contributed by atoms with Gasteiger partial charge in [0.15, 0.2) is 12.2 Å². The number of carbonyl (C=O) groups excluding carboxylic acids is 2. The van der Waals surface area contributed by atoms with Crippen LogP contribution in [0.1, 0.15) is 71.2 Å². The van der Waals surface area contributed by atoms with Crippen molar-refractivity contribution in [3.63, 3.8) is 0 Å². The van der Waals surface area contributed by atoms with Gasteiger partial charge in [-0.2, -0.15) is 0 Å². The molecule has 2 aromatic heterocycles. The molecular formula is C33H41N5O5. The minimum atomic E-state index is -0.679. The topological polar surface area (TPSA) is 121 Å². The summed E-state index contributed by atoms with van der Waals surface area (Å²) in [6.45, 7) is 6.13. The Hall–Kier alpha value is -3.76. The van der Waals surface area contributed by atoms with Crippen LogP contribution >= 0.6 is 0 Å². The monoisotopic (exact) mass is 587 g/mol. The zero-order valence-electron chi connectivity index (χ0n) is 25.0. The predicted octanol–water partition coefficient (Wildman–Crippen LogP) is 3.44. The number of pyridine rings is 1. The quantitative estimate of drug-likeness (QED) is 0.370. The molecule has 1 unspecified atom stereocenters. The van der Waals surface area contributed by atoms with Crippen LogP contribution in [0.5, 0.6) is 5.75 Å². The fourth-order valence-electron chi connectivity index (χ4n) is 7.12. The van der Waals surface area contributed by atoms with Gasteiger partial charge in [0.25, 0.3) is 5.91 Å². The molecule has 4 atom stereocenters. The molecule has 3 aliphatic rings. The summed E-state index contributed by atoms with van der Waals surface area (Å²) in [6.07, 6.45) is 8.29. The van der Waals surface area contributed by atoms with Gasteiger partial charge in [-0.1, -0.05) is 6.07 Å². The lowest BCUT2D eigenvalue weighted by Gasteiger charge is -2.38. The third kappa shape index (κ3) is 6.91. The standard InChI is InChI=1S/C33H41N5O5/c1-21-32(43-20-36-21)19-42-31-6-3-26-17-37(10-8-24(26)15-31)18-30(40)16-35-33(41)25-7-9-34-27(14-25)11-23-12-28-4-5-29(13-23)38(28)22(2)39/h3,6-7,9,14-15,20,23,28-30,40H,4-5,8,10-13,16-19H2,1-2H3,(H,35,41)/t23?,28-,29+,30-/m0/s1. The van der Waals surface area contributed by atoms with Crippen LogP contribution in [0.25, 0.3) is 0 Å². The van der Waals surface area contributed by atoms with Gasteiger partial charge in [0.1, 0.15) is 12.4 Å². The van der Waals surface area contributed by atoms with Gasteiger partial charge in [0, 0.05) is 62.6 Å². The first-order chi connectivity index (χ1) is 20.8. The van der Waals surface area contributed by atoms with E-state index in [0.717, 1.165) is 74.5 Å². The average molecular weight is 588 g/mol. The van der Waals surface area contributed by atoms with Crippen LogP contribution in [-0.2, 0) is 30.8 Å². The summed E-state index contributed by atoms with van der Waals surface area (Å²) in [5.74, 6) is 1.98. The highest BCUT2D eigenvalue weighted by Gasteiger charge is 2.41. The Labute approximate surface area is 252 Å². The molecule has 0 spiro atoms. The van der Waals surface area contributed by atoms with E-state index in [-0.39, 0.29) is 18.4 Å². The van der Waals surface area contributed by atoms with Crippen molar-refractivity contribution in [1.82, 2.24) is 25.1 Å². The van der Waals surface area contributed by atoms with Gasteiger partial charge < -0.3 is 24.5 Å². The van der Waals surface area contributed by atoms with Crippen LogP contribution in [0, 0.1) is 12.8 Å². The molecule has 0 aliphatic carbocycles. The first-order valence-corrected chi connectivity index (χ1v) is 15.4. The molecule has 2 bridgehead atoms.